The number of ether oxygens (including phenoxy) is 1. The molecule has 1 atom stereocenters. The minimum Gasteiger partial charge on any atom is -0.377 e. The SMILES string of the molecule is CCN1CCCC1CNc1cc(Cl)nc(COC)n1. The maximum absolute atomic E-state index is 5.98. The van der Waals surface area contributed by atoms with Gasteiger partial charge >= 0.3 is 0 Å². The molecule has 1 aromatic heterocycles. The van der Waals surface area contributed by atoms with Crippen molar-refractivity contribution in [3.05, 3.63) is 17.0 Å². The van der Waals surface area contributed by atoms with E-state index in [2.05, 4.69) is 27.1 Å². The number of likely N-dealkylation sites (tertiary alicyclic amines) is 1. The highest BCUT2D eigenvalue weighted by Gasteiger charge is 2.22. The van der Waals surface area contributed by atoms with Gasteiger partial charge in [-0.15, -0.1) is 0 Å². The van der Waals surface area contributed by atoms with E-state index in [4.69, 9.17) is 16.3 Å². The third-order valence-corrected chi connectivity index (χ3v) is 3.63. The molecule has 0 aliphatic carbocycles. The van der Waals surface area contributed by atoms with E-state index in [-0.39, 0.29) is 0 Å². The second-order valence-corrected chi connectivity index (χ2v) is 5.12. The number of hydrogen-bond donors (Lipinski definition) is 1. The molecule has 1 aliphatic heterocycles. The fourth-order valence-corrected chi connectivity index (χ4v) is 2.71. The van der Waals surface area contributed by atoms with Crippen molar-refractivity contribution in [3.63, 3.8) is 0 Å². The zero-order valence-corrected chi connectivity index (χ0v) is 12.3. The van der Waals surface area contributed by atoms with Crippen LogP contribution in [0.4, 0.5) is 5.82 Å². The normalized spacial score (nSPS) is 19.8. The first-order valence-corrected chi connectivity index (χ1v) is 7.11. The van der Waals surface area contributed by atoms with Crippen LogP contribution in [-0.4, -0.2) is 47.7 Å². The van der Waals surface area contributed by atoms with Crippen molar-refractivity contribution in [2.45, 2.75) is 32.4 Å². The highest BCUT2D eigenvalue weighted by molar-refractivity contribution is 6.29. The fourth-order valence-electron chi connectivity index (χ4n) is 2.51. The highest BCUT2D eigenvalue weighted by Crippen LogP contribution is 2.18. The Morgan fingerprint density at radius 1 is 1.53 bits per heavy atom. The molecule has 0 amide bonds. The topological polar surface area (TPSA) is 50.3 Å². The van der Waals surface area contributed by atoms with Crippen LogP contribution in [0, 0.1) is 0 Å². The monoisotopic (exact) mass is 284 g/mol. The van der Waals surface area contributed by atoms with Gasteiger partial charge in [0.15, 0.2) is 5.82 Å². The second kappa shape index (κ2) is 7.03. The molecule has 0 radical (unpaired) electrons. The van der Waals surface area contributed by atoms with E-state index < -0.39 is 0 Å². The lowest BCUT2D eigenvalue weighted by atomic mass is 10.2. The predicted octanol–water partition coefficient (Wildman–Crippen LogP) is 2.17. The Labute approximate surface area is 119 Å². The quantitative estimate of drug-likeness (QED) is 0.812. The average molecular weight is 285 g/mol. The van der Waals surface area contributed by atoms with Crippen LogP contribution in [0.25, 0.3) is 0 Å². The molecule has 1 aromatic rings. The Balaban J connectivity index is 1.95. The summed E-state index contributed by atoms with van der Waals surface area (Å²) in [5.74, 6) is 1.38. The number of nitrogens with zero attached hydrogens (tertiary/aromatic N) is 3. The molecule has 1 aliphatic rings. The first kappa shape index (κ1) is 14.5. The van der Waals surface area contributed by atoms with Gasteiger partial charge in [0.25, 0.3) is 0 Å². The van der Waals surface area contributed by atoms with Crippen LogP contribution < -0.4 is 5.32 Å². The maximum Gasteiger partial charge on any atom is 0.158 e. The predicted molar refractivity (Wildman–Crippen MR) is 76.5 cm³/mol. The molecule has 0 aromatic carbocycles. The van der Waals surface area contributed by atoms with Crippen molar-refractivity contribution >= 4 is 17.4 Å². The van der Waals surface area contributed by atoms with Crippen molar-refractivity contribution in [1.82, 2.24) is 14.9 Å². The van der Waals surface area contributed by atoms with Crippen molar-refractivity contribution in [2.24, 2.45) is 0 Å². The van der Waals surface area contributed by atoms with Crippen LogP contribution in [0.1, 0.15) is 25.6 Å². The Morgan fingerprint density at radius 3 is 3.11 bits per heavy atom. The van der Waals surface area contributed by atoms with E-state index in [1.165, 1.54) is 19.4 Å². The number of nitrogens with one attached hydrogen (secondary N) is 1. The smallest absolute Gasteiger partial charge is 0.158 e. The van der Waals surface area contributed by atoms with Gasteiger partial charge in [-0.3, -0.25) is 4.90 Å². The molecule has 1 saturated heterocycles. The van der Waals surface area contributed by atoms with Crippen LogP contribution in [0.15, 0.2) is 6.07 Å². The molecular formula is C13H21ClN4O. The molecule has 19 heavy (non-hydrogen) atoms. The van der Waals surface area contributed by atoms with Gasteiger partial charge < -0.3 is 10.1 Å². The standard InChI is InChI=1S/C13H21ClN4O/c1-3-18-6-4-5-10(18)8-15-12-7-11(14)16-13(17-12)9-19-2/h7,10H,3-6,8-9H2,1-2H3,(H,15,16,17). The van der Waals surface area contributed by atoms with Crippen molar-refractivity contribution in [1.29, 1.82) is 0 Å². The second-order valence-electron chi connectivity index (χ2n) is 4.73. The maximum atomic E-state index is 5.98. The minimum absolute atomic E-state index is 0.375. The molecule has 2 rings (SSSR count). The van der Waals surface area contributed by atoms with Gasteiger partial charge in [-0.2, -0.15) is 0 Å². The molecule has 2 heterocycles. The summed E-state index contributed by atoms with van der Waals surface area (Å²) in [4.78, 5) is 11.0. The average Bonchev–Trinajstić information content (AvgIpc) is 2.83. The fraction of sp³-hybridized carbons (Fsp3) is 0.692. The highest BCUT2D eigenvalue weighted by atomic mass is 35.5. The third-order valence-electron chi connectivity index (χ3n) is 3.44. The van der Waals surface area contributed by atoms with Gasteiger partial charge in [-0.25, -0.2) is 9.97 Å². The molecular weight excluding hydrogens is 264 g/mol. The molecule has 1 fully saturated rings. The molecule has 0 saturated carbocycles. The lowest BCUT2D eigenvalue weighted by molar-refractivity contribution is 0.178. The van der Waals surface area contributed by atoms with Crippen molar-refractivity contribution in [2.75, 3.05) is 32.1 Å². The summed E-state index contributed by atoms with van der Waals surface area (Å²) in [5.41, 5.74) is 0. The van der Waals surface area contributed by atoms with E-state index >= 15 is 0 Å². The van der Waals surface area contributed by atoms with E-state index in [0.29, 0.717) is 23.6 Å². The lowest BCUT2D eigenvalue weighted by Gasteiger charge is -2.23. The summed E-state index contributed by atoms with van der Waals surface area (Å²) < 4.78 is 5.03. The molecule has 0 bridgehead atoms. The van der Waals surface area contributed by atoms with E-state index in [1.807, 2.05) is 0 Å². The van der Waals surface area contributed by atoms with E-state index in [0.717, 1.165) is 18.9 Å². The molecule has 1 N–H and O–H groups in total. The summed E-state index contributed by atoms with van der Waals surface area (Å²) in [6.07, 6.45) is 2.52. The number of hydrogen-bond acceptors (Lipinski definition) is 5. The third kappa shape index (κ3) is 4.03. The Hall–Kier alpha value is -0.910. The lowest BCUT2D eigenvalue weighted by Crippen LogP contribution is -2.34. The molecule has 5 nitrogen and oxygen atoms in total. The first-order valence-electron chi connectivity index (χ1n) is 6.73. The summed E-state index contributed by atoms with van der Waals surface area (Å²) in [5, 5.41) is 3.81. The number of methoxy groups -OCH3 is 1. The van der Waals surface area contributed by atoms with E-state index in [1.54, 1.807) is 13.2 Å². The van der Waals surface area contributed by atoms with Gasteiger partial charge in [0, 0.05) is 25.8 Å². The van der Waals surface area contributed by atoms with E-state index in [9.17, 15) is 0 Å². The zero-order valence-electron chi connectivity index (χ0n) is 11.5. The molecule has 0 spiro atoms. The largest absolute Gasteiger partial charge is 0.377 e. The molecule has 106 valence electrons. The van der Waals surface area contributed by atoms with Gasteiger partial charge in [-0.05, 0) is 25.9 Å². The Kier molecular flexibility index (Phi) is 5.36. The Bertz CT molecular complexity index is 416. The van der Waals surface area contributed by atoms with Crippen molar-refractivity contribution < 1.29 is 4.74 Å². The van der Waals surface area contributed by atoms with Gasteiger partial charge in [0.2, 0.25) is 0 Å². The molecule has 1 unspecified atom stereocenters. The number of aromatic nitrogens is 2. The van der Waals surface area contributed by atoms with Crippen molar-refractivity contribution in [3.8, 4) is 0 Å². The summed E-state index contributed by atoms with van der Waals surface area (Å²) in [6.45, 7) is 5.78. The van der Waals surface area contributed by atoms with Gasteiger partial charge in [0.1, 0.15) is 17.6 Å². The molecule has 6 heteroatoms. The number of halogens is 1. The minimum atomic E-state index is 0.375. The first-order chi connectivity index (χ1) is 9.22. The van der Waals surface area contributed by atoms with Crippen LogP contribution in [-0.2, 0) is 11.3 Å². The number of likely N-dealkylation sites (N-methyl/N-ethyl adjacent to an activating group) is 1. The van der Waals surface area contributed by atoms with Crippen LogP contribution in [0.5, 0.6) is 0 Å². The van der Waals surface area contributed by atoms with Gasteiger partial charge in [-0.1, -0.05) is 18.5 Å². The van der Waals surface area contributed by atoms with Gasteiger partial charge in [0.05, 0.1) is 0 Å². The van der Waals surface area contributed by atoms with Crippen LogP contribution in [0.2, 0.25) is 5.15 Å². The summed E-state index contributed by atoms with van der Waals surface area (Å²) >= 11 is 5.98. The zero-order chi connectivity index (χ0) is 13.7. The van der Waals surface area contributed by atoms with Crippen LogP contribution in [0.3, 0.4) is 0 Å². The summed E-state index contributed by atoms with van der Waals surface area (Å²) in [7, 11) is 1.62. The summed E-state index contributed by atoms with van der Waals surface area (Å²) in [6, 6.07) is 2.34. The number of rotatable bonds is 6. The number of anilines is 1. The van der Waals surface area contributed by atoms with Crippen LogP contribution >= 0.6 is 11.6 Å². The Morgan fingerprint density at radius 2 is 2.37 bits per heavy atom.